The summed E-state index contributed by atoms with van der Waals surface area (Å²) >= 11 is 0. The van der Waals surface area contributed by atoms with Gasteiger partial charge in [0.05, 0.1) is 30.0 Å². The van der Waals surface area contributed by atoms with Crippen molar-refractivity contribution in [1.29, 1.82) is 0 Å². The predicted octanol–water partition coefficient (Wildman–Crippen LogP) is 2.30. The van der Waals surface area contributed by atoms with Crippen LogP contribution >= 0.6 is 0 Å². The van der Waals surface area contributed by atoms with Gasteiger partial charge in [-0.1, -0.05) is 0 Å². The van der Waals surface area contributed by atoms with E-state index in [1.165, 1.54) is 7.11 Å². The lowest BCUT2D eigenvalue weighted by atomic mass is 9.98. The van der Waals surface area contributed by atoms with Crippen molar-refractivity contribution in [1.82, 2.24) is 4.98 Å². The summed E-state index contributed by atoms with van der Waals surface area (Å²) in [5.74, 6) is -4.34. The summed E-state index contributed by atoms with van der Waals surface area (Å²) in [6.45, 7) is 0. The maximum absolute atomic E-state index is 13.7. The smallest absolute Gasteiger partial charge is 0.338 e. The second-order valence-electron chi connectivity index (χ2n) is 4.02. The number of carboxylic acid groups (broad SMARTS) is 1. The second kappa shape index (κ2) is 5.66. The highest BCUT2D eigenvalue weighted by atomic mass is 19.1. The van der Waals surface area contributed by atoms with Crippen LogP contribution in [0.3, 0.4) is 0 Å². The number of methoxy groups -OCH3 is 1. The summed E-state index contributed by atoms with van der Waals surface area (Å²) in [5, 5.41) is 9.09. The zero-order valence-electron chi connectivity index (χ0n) is 10.8. The number of benzene rings is 1. The van der Waals surface area contributed by atoms with Crippen LogP contribution in [-0.2, 0) is 0 Å². The van der Waals surface area contributed by atoms with E-state index in [9.17, 15) is 18.4 Å². The van der Waals surface area contributed by atoms with Crippen molar-refractivity contribution in [3.05, 3.63) is 58.9 Å². The van der Waals surface area contributed by atoms with E-state index in [1.54, 1.807) is 0 Å². The lowest BCUT2D eigenvalue weighted by Gasteiger charge is -2.10. The Balaban J connectivity index is 2.68. The number of aromatic nitrogens is 1. The van der Waals surface area contributed by atoms with E-state index in [0.717, 1.165) is 24.5 Å². The first-order valence-corrected chi connectivity index (χ1v) is 5.70. The molecule has 0 aliphatic heterocycles. The monoisotopic (exact) mass is 293 g/mol. The van der Waals surface area contributed by atoms with Gasteiger partial charge in [0, 0.05) is 6.20 Å². The van der Waals surface area contributed by atoms with Crippen LogP contribution in [0, 0.1) is 11.6 Å². The molecule has 2 aromatic rings. The summed E-state index contributed by atoms with van der Waals surface area (Å²) in [6.07, 6.45) is 2.06. The summed E-state index contributed by atoms with van der Waals surface area (Å²) in [7, 11) is 1.21. The van der Waals surface area contributed by atoms with Crippen molar-refractivity contribution < 1.29 is 28.2 Å². The highest BCUT2D eigenvalue weighted by molar-refractivity contribution is 6.15. The van der Waals surface area contributed by atoms with Gasteiger partial charge in [-0.25, -0.2) is 13.6 Å². The Bertz CT molecular complexity index is 731. The lowest BCUT2D eigenvalue weighted by molar-refractivity contribution is 0.0691. The summed E-state index contributed by atoms with van der Waals surface area (Å²) in [5.41, 5.74) is -1.42. The number of carboxylic acids is 1. The van der Waals surface area contributed by atoms with Crippen LogP contribution in [0.5, 0.6) is 5.75 Å². The van der Waals surface area contributed by atoms with Gasteiger partial charge in [-0.05, 0) is 18.2 Å². The molecular formula is C14H9F2NO4. The molecular weight excluding hydrogens is 284 g/mol. The molecule has 21 heavy (non-hydrogen) atoms. The fourth-order valence-corrected chi connectivity index (χ4v) is 1.80. The second-order valence-corrected chi connectivity index (χ2v) is 4.02. The Kier molecular flexibility index (Phi) is 3.93. The average molecular weight is 293 g/mol. The first-order valence-electron chi connectivity index (χ1n) is 5.70. The molecule has 7 heteroatoms. The Morgan fingerprint density at radius 2 is 1.90 bits per heavy atom. The van der Waals surface area contributed by atoms with E-state index in [-0.39, 0.29) is 11.3 Å². The van der Waals surface area contributed by atoms with Crippen molar-refractivity contribution >= 4 is 11.8 Å². The zero-order valence-corrected chi connectivity index (χ0v) is 10.8. The van der Waals surface area contributed by atoms with Crippen LogP contribution < -0.4 is 4.74 Å². The molecule has 1 N–H and O–H groups in total. The first-order chi connectivity index (χ1) is 9.95. The Hall–Kier alpha value is -2.83. The summed E-state index contributed by atoms with van der Waals surface area (Å²) in [6, 6.07) is 2.34. The molecule has 108 valence electrons. The molecule has 1 heterocycles. The molecule has 0 aliphatic carbocycles. The number of aromatic carboxylic acids is 1. The molecule has 0 saturated carbocycles. The van der Waals surface area contributed by atoms with E-state index in [0.29, 0.717) is 6.07 Å². The van der Waals surface area contributed by atoms with Gasteiger partial charge < -0.3 is 9.84 Å². The fourth-order valence-electron chi connectivity index (χ4n) is 1.80. The van der Waals surface area contributed by atoms with Crippen molar-refractivity contribution in [2.75, 3.05) is 7.11 Å². The van der Waals surface area contributed by atoms with Crippen LogP contribution in [0.2, 0.25) is 0 Å². The topological polar surface area (TPSA) is 76.5 Å². The zero-order chi connectivity index (χ0) is 15.6. The number of hydrogen-bond acceptors (Lipinski definition) is 4. The van der Waals surface area contributed by atoms with Crippen molar-refractivity contribution in [2.45, 2.75) is 0 Å². The fraction of sp³-hybridized carbons (Fsp3) is 0.0714. The third kappa shape index (κ3) is 2.71. The molecule has 5 nitrogen and oxygen atoms in total. The SMILES string of the molecule is COc1cncc(C(=O)O)c1C(=O)c1cc(F)ccc1F. The number of pyridine rings is 1. The van der Waals surface area contributed by atoms with Crippen LogP contribution in [0.4, 0.5) is 8.78 Å². The highest BCUT2D eigenvalue weighted by Gasteiger charge is 2.25. The largest absolute Gasteiger partial charge is 0.494 e. The summed E-state index contributed by atoms with van der Waals surface area (Å²) < 4.78 is 31.8. The number of nitrogens with zero attached hydrogens (tertiary/aromatic N) is 1. The van der Waals surface area contributed by atoms with E-state index >= 15 is 0 Å². The number of hydrogen-bond donors (Lipinski definition) is 1. The minimum atomic E-state index is -1.43. The van der Waals surface area contributed by atoms with E-state index in [2.05, 4.69) is 4.98 Å². The number of ether oxygens (including phenoxy) is 1. The molecule has 0 bridgehead atoms. The molecule has 0 fully saturated rings. The normalized spacial score (nSPS) is 10.2. The molecule has 0 radical (unpaired) electrons. The quantitative estimate of drug-likeness (QED) is 0.875. The lowest BCUT2D eigenvalue weighted by Crippen LogP contribution is -2.13. The molecule has 2 rings (SSSR count). The number of carbonyl (C=O) groups is 2. The maximum Gasteiger partial charge on any atom is 0.338 e. The van der Waals surface area contributed by atoms with Gasteiger partial charge in [0.15, 0.2) is 0 Å². The van der Waals surface area contributed by atoms with Crippen LogP contribution in [-0.4, -0.2) is 29.0 Å². The van der Waals surface area contributed by atoms with Crippen LogP contribution in [0.1, 0.15) is 26.3 Å². The third-order valence-electron chi connectivity index (χ3n) is 2.76. The number of rotatable bonds is 4. The van der Waals surface area contributed by atoms with E-state index in [1.807, 2.05) is 0 Å². The van der Waals surface area contributed by atoms with Gasteiger partial charge in [-0.2, -0.15) is 0 Å². The maximum atomic E-state index is 13.7. The van der Waals surface area contributed by atoms with Gasteiger partial charge in [0.2, 0.25) is 5.78 Å². The highest BCUT2D eigenvalue weighted by Crippen LogP contribution is 2.25. The van der Waals surface area contributed by atoms with E-state index in [4.69, 9.17) is 9.84 Å². The van der Waals surface area contributed by atoms with Crippen LogP contribution in [0.15, 0.2) is 30.6 Å². The van der Waals surface area contributed by atoms with Gasteiger partial charge in [0.1, 0.15) is 17.4 Å². The number of halogens is 2. The summed E-state index contributed by atoms with van der Waals surface area (Å²) in [4.78, 5) is 27.1. The molecule has 0 atom stereocenters. The minimum Gasteiger partial charge on any atom is -0.494 e. The van der Waals surface area contributed by atoms with E-state index < -0.39 is 34.5 Å². The van der Waals surface area contributed by atoms with Gasteiger partial charge in [-0.3, -0.25) is 9.78 Å². The number of ketones is 1. The predicted molar refractivity (Wildman–Crippen MR) is 67.5 cm³/mol. The molecule has 0 amide bonds. The average Bonchev–Trinajstić information content (AvgIpc) is 2.48. The van der Waals surface area contributed by atoms with Gasteiger partial charge in [0.25, 0.3) is 0 Å². The Morgan fingerprint density at radius 1 is 1.19 bits per heavy atom. The van der Waals surface area contributed by atoms with Crippen molar-refractivity contribution in [3.8, 4) is 5.75 Å². The molecule has 0 saturated heterocycles. The molecule has 1 aromatic carbocycles. The first kappa shape index (κ1) is 14.6. The van der Waals surface area contributed by atoms with Crippen molar-refractivity contribution in [2.24, 2.45) is 0 Å². The molecule has 0 unspecified atom stereocenters. The van der Waals surface area contributed by atoms with Crippen LogP contribution in [0.25, 0.3) is 0 Å². The minimum absolute atomic E-state index is 0.136. The Morgan fingerprint density at radius 3 is 2.52 bits per heavy atom. The standard InChI is InChI=1S/C14H9F2NO4/c1-21-11-6-17-5-9(14(19)20)12(11)13(18)8-4-7(15)2-3-10(8)16/h2-6H,1H3,(H,19,20). The number of carbonyl (C=O) groups excluding carboxylic acids is 1. The van der Waals surface area contributed by atoms with Crippen molar-refractivity contribution in [3.63, 3.8) is 0 Å². The molecule has 0 aliphatic rings. The Labute approximate surface area is 117 Å². The molecule has 1 aromatic heterocycles. The van der Waals surface area contributed by atoms with Gasteiger partial charge >= 0.3 is 5.97 Å². The molecule has 0 spiro atoms. The van der Waals surface area contributed by atoms with Gasteiger partial charge in [-0.15, -0.1) is 0 Å². The third-order valence-corrected chi connectivity index (χ3v) is 2.76.